The second-order valence-electron chi connectivity index (χ2n) is 5.71. The fourth-order valence-corrected chi connectivity index (χ4v) is 4.07. The van der Waals surface area contributed by atoms with E-state index in [0.29, 0.717) is 17.6 Å². The molecule has 1 nitrogen and oxygen atoms in total. The van der Waals surface area contributed by atoms with Crippen LogP contribution in [0.5, 0.6) is 0 Å². The number of rotatable bonds is 1. The van der Waals surface area contributed by atoms with Gasteiger partial charge >= 0.3 is 0 Å². The lowest BCUT2D eigenvalue weighted by molar-refractivity contribution is -0.132. The van der Waals surface area contributed by atoms with Crippen molar-refractivity contribution in [1.82, 2.24) is 0 Å². The summed E-state index contributed by atoms with van der Waals surface area (Å²) in [6.07, 6.45) is 3.27. The van der Waals surface area contributed by atoms with Crippen molar-refractivity contribution in [2.24, 2.45) is 22.7 Å². The molecule has 0 saturated heterocycles. The second kappa shape index (κ2) is 2.37. The first-order valence-electron chi connectivity index (χ1n) is 5.46. The standard InChI is InChI=1S/C12H20O/c1-8(2)12-6-5-9(7-10(12)13)11(12,3)4/h8-9H,5-7H2,1-4H3. The van der Waals surface area contributed by atoms with E-state index in [4.69, 9.17) is 0 Å². The van der Waals surface area contributed by atoms with Gasteiger partial charge in [-0.05, 0) is 30.1 Å². The number of hydrogen-bond donors (Lipinski definition) is 0. The van der Waals surface area contributed by atoms with Crippen molar-refractivity contribution in [3.63, 3.8) is 0 Å². The molecule has 2 bridgehead atoms. The molecule has 0 aromatic carbocycles. The third-order valence-electron chi connectivity index (χ3n) is 4.97. The normalized spacial score (nSPS) is 41.9. The van der Waals surface area contributed by atoms with Crippen LogP contribution in [0.1, 0.15) is 47.0 Å². The molecule has 0 heterocycles. The molecule has 0 aromatic rings. The van der Waals surface area contributed by atoms with E-state index in [2.05, 4.69) is 27.7 Å². The van der Waals surface area contributed by atoms with Gasteiger partial charge in [0.15, 0.2) is 0 Å². The van der Waals surface area contributed by atoms with E-state index in [9.17, 15) is 4.79 Å². The number of Topliss-reactive ketones (excluding diaryl/α,β-unsaturated/α-hetero) is 1. The van der Waals surface area contributed by atoms with Crippen molar-refractivity contribution in [3.8, 4) is 0 Å². The molecule has 2 saturated carbocycles. The zero-order chi connectivity index (χ0) is 9.85. The summed E-state index contributed by atoms with van der Waals surface area (Å²) in [4.78, 5) is 12.0. The first kappa shape index (κ1) is 9.23. The summed E-state index contributed by atoms with van der Waals surface area (Å²) in [5.41, 5.74) is 0.288. The fraction of sp³-hybridized carbons (Fsp3) is 0.917. The van der Waals surface area contributed by atoms with Crippen LogP contribution in [0, 0.1) is 22.7 Å². The Bertz CT molecular complexity index is 252. The van der Waals surface area contributed by atoms with Gasteiger partial charge in [-0.1, -0.05) is 27.7 Å². The summed E-state index contributed by atoms with van der Waals surface area (Å²) in [7, 11) is 0. The largest absolute Gasteiger partial charge is 0.299 e. The Morgan fingerprint density at radius 1 is 1.38 bits per heavy atom. The summed E-state index contributed by atoms with van der Waals surface area (Å²) in [6, 6.07) is 0. The minimum atomic E-state index is 0.0255. The Morgan fingerprint density at radius 2 is 2.00 bits per heavy atom. The zero-order valence-corrected chi connectivity index (χ0v) is 9.18. The van der Waals surface area contributed by atoms with Gasteiger partial charge in [-0.2, -0.15) is 0 Å². The van der Waals surface area contributed by atoms with Gasteiger partial charge in [-0.25, -0.2) is 0 Å². The number of ketones is 1. The van der Waals surface area contributed by atoms with Crippen LogP contribution in [-0.2, 0) is 4.79 Å². The maximum atomic E-state index is 12.0. The lowest BCUT2D eigenvalue weighted by atomic mass is 9.62. The lowest BCUT2D eigenvalue weighted by Crippen LogP contribution is -2.40. The highest BCUT2D eigenvalue weighted by atomic mass is 16.1. The van der Waals surface area contributed by atoms with Gasteiger partial charge in [0.05, 0.1) is 0 Å². The molecule has 2 unspecified atom stereocenters. The van der Waals surface area contributed by atoms with E-state index >= 15 is 0 Å². The molecule has 2 aliphatic rings. The Morgan fingerprint density at radius 3 is 2.23 bits per heavy atom. The molecule has 74 valence electrons. The third-order valence-corrected chi connectivity index (χ3v) is 4.97. The number of fused-ring (bicyclic) bond motifs is 2. The molecule has 13 heavy (non-hydrogen) atoms. The highest BCUT2D eigenvalue weighted by Crippen LogP contribution is 2.66. The van der Waals surface area contributed by atoms with Crippen LogP contribution in [0.2, 0.25) is 0 Å². The maximum Gasteiger partial charge on any atom is 0.140 e. The molecule has 0 aliphatic heterocycles. The summed E-state index contributed by atoms with van der Waals surface area (Å²) >= 11 is 0. The smallest absolute Gasteiger partial charge is 0.140 e. The van der Waals surface area contributed by atoms with E-state index in [-0.39, 0.29) is 10.8 Å². The van der Waals surface area contributed by atoms with Gasteiger partial charge in [-0.3, -0.25) is 4.79 Å². The summed E-state index contributed by atoms with van der Waals surface area (Å²) in [5, 5.41) is 0. The first-order valence-corrected chi connectivity index (χ1v) is 5.46. The van der Waals surface area contributed by atoms with Gasteiger partial charge in [-0.15, -0.1) is 0 Å². The van der Waals surface area contributed by atoms with Gasteiger partial charge in [0.25, 0.3) is 0 Å². The average molecular weight is 180 g/mol. The van der Waals surface area contributed by atoms with E-state index in [1.807, 2.05) is 0 Å². The molecular formula is C12H20O. The first-order chi connectivity index (χ1) is 5.93. The van der Waals surface area contributed by atoms with Crippen molar-refractivity contribution in [2.45, 2.75) is 47.0 Å². The number of hydrogen-bond acceptors (Lipinski definition) is 1. The minimum absolute atomic E-state index is 0.0255. The van der Waals surface area contributed by atoms with Crippen LogP contribution >= 0.6 is 0 Å². The third kappa shape index (κ3) is 0.812. The minimum Gasteiger partial charge on any atom is -0.299 e. The zero-order valence-electron chi connectivity index (χ0n) is 9.18. The Hall–Kier alpha value is -0.330. The molecule has 0 amide bonds. The van der Waals surface area contributed by atoms with Crippen LogP contribution < -0.4 is 0 Å². The van der Waals surface area contributed by atoms with Crippen molar-refractivity contribution >= 4 is 5.78 Å². The highest BCUT2D eigenvalue weighted by molar-refractivity contribution is 5.89. The van der Waals surface area contributed by atoms with E-state index in [1.54, 1.807) is 0 Å². The maximum absolute atomic E-state index is 12.0. The monoisotopic (exact) mass is 180 g/mol. The lowest BCUT2D eigenvalue weighted by Gasteiger charge is -2.40. The second-order valence-corrected chi connectivity index (χ2v) is 5.71. The average Bonchev–Trinajstić information content (AvgIpc) is 2.35. The van der Waals surface area contributed by atoms with Crippen LogP contribution in [0.15, 0.2) is 0 Å². The van der Waals surface area contributed by atoms with Gasteiger partial charge in [0, 0.05) is 11.8 Å². The van der Waals surface area contributed by atoms with Crippen molar-refractivity contribution in [3.05, 3.63) is 0 Å². The van der Waals surface area contributed by atoms with Gasteiger partial charge < -0.3 is 0 Å². The Balaban J connectivity index is 2.49. The van der Waals surface area contributed by atoms with Crippen LogP contribution in [0.25, 0.3) is 0 Å². The number of carbonyl (C=O) groups is 1. The molecule has 0 radical (unpaired) electrons. The van der Waals surface area contributed by atoms with E-state index in [0.717, 1.165) is 12.8 Å². The number of carbonyl (C=O) groups excluding carboxylic acids is 1. The SMILES string of the molecule is CC(C)C12CCC(CC1=O)C2(C)C. The van der Waals surface area contributed by atoms with Gasteiger partial charge in [0.2, 0.25) is 0 Å². The predicted molar refractivity (Wildman–Crippen MR) is 53.4 cm³/mol. The molecule has 2 rings (SSSR count). The van der Waals surface area contributed by atoms with Crippen molar-refractivity contribution in [1.29, 1.82) is 0 Å². The van der Waals surface area contributed by atoms with Crippen molar-refractivity contribution < 1.29 is 4.79 Å². The summed E-state index contributed by atoms with van der Waals surface area (Å²) in [6.45, 7) is 9.03. The molecular weight excluding hydrogens is 160 g/mol. The molecule has 2 atom stereocenters. The van der Waals surface area contributed by atoms with Gasteiger partial charge in [0.1, 0.15) is 5.78 Å². The highest BCUT2D eigenvalue weighted by Gasteiger charge is 2.64. The fourth-order valence-electron chi connectivity index (χ4n) is 4.07. The van der Waals surface area contributed by atoms with Crippen LogP contribution in [-0.4, -0.2) is 5.78 Å². The molecule has 2 aliphatic carbocycles. The Labute approximate surface area is 80.9 Å². The van der Waals surface area contributed by atoms with E-state index < -0.39 is 0 Å². The summed E-state index contributed by atoms with van der Waals surface area (Å²) < 4.78 is 0. The molecule has 0 aromatic heterocycles. The molecule has 2 fully saturated rings. The molecule has 1 heteroatoms. The summed E-state index contributed by atoms with van der Waals surface area (Å²) in [5.74, 6) is 1.73. The quantitative estimate of drug-likeness (QED) is 0.606. The predicted octanol–water partition coefficient (Wildman–Crippen LogP) is 3.04. The molecule has 0 spiro atoms. The van der Waals surface area contributed by atoms with Crippen LogP contribution in [0.3, 0.4) is 0 Å². The van der Waals surface area contributed by atoms with Crippen molar-refractivity contribution in [2.75, 3.05) is 0 Å². The van der Waals surface area contributed by atoms with Crippen LogP contribution in [0.4, 0.5) is 0 Å². The molecule has 0 N–H and O–H groups in total. The Kier molecular flexibility index (Phi) is 1.68. The van der Waals surface area contributed by atoms with E-state index in [1.165, 1.54) is 6.42 Å². The topological polar surface area (TPSA) is 17.1 Å².